The quantitative estimate of drug-likeness (QED) is 0.386. The highest BCUT2D eigenvalue weighted by Gasteiger charge is 2.26. The highest BCUT2D eigenvalue weighted by molar-refractivity contribution is 6.17. The summed E-state index contributed by atoms with van der Waals surface area (Å²) in [4.78, 5) is 36.3. The van der Waals surface area contributed by atoms with Crippen LogP contribution in [0.5, 0.6) is 0 Å². The highest BCUT2D eigenvalue weighted by atomic mass is 19.1. The Balaban J connectivity index is 1.63. The second-order valence-electron chi connectivity index (χ2n) is 7.96. The van der Waals surface area contributed by atoms with Gasteiger partial charge in [0.2, 0.25) is 11.9 Å². The largest absolute Gasteiger partial charge is 0.478 e. The van der Waals surface area contributed by atoms with E-state index >= 15 is 0 Å². The normalized spacial score (nSPS) is 12.1. The van der Waals surface area contributed by atoms with Crippen LogP contribution in [0, 0.1) is 11.6 Å². The van der Waals surface area contributed by atoms with E-state index in [9.17, 15) is 23.5 Å². The van der Waals surface area contributed by atoms with E-state index in [0.717, 1.165) is 12.1 Å². The number of hydrogen-bond donors (Lipinski definition) is 3. The number of aromatic carboxylic acids is 1. The number of halogens is 2. The molecule has 5 rings (SSSR count). The molecule has 2 heterocycles. The maximum Gasteiger partial charge on any atom is 0.335 e. The fourth-order valence-electron chi connectivity index (χ4n) is 3.93. The topological polar surface area (TPSA) is 131 Å². The molecule has 8 nitrogen and oxygen atoms in total. The summed E-state index contributed by atoms with van der Waals surface area (Å²) in [6.45, 7) is 0.0170. The first kappa shape index (κ1) is 22.8. The number of aliphatic imine (C=N–C) groups is 1. The second kappa shape index (κ2) is 8.99. The molecule has 0 aliphatic carbocycles. The smallest absolute Gasteiger partial charge is 0.335 e. The number of amides is 1. The minimum atomic E-state index is -1.19. The number of rotatable bonds is 5. The summed E-state index contributed by atoms with van der Waals surface area (Å²) >= 11 is 0. The van der Waals surface area contributed by atoms with Gasteiger partial charge in [-0.3, -0.25) is 9.79 Å². The maximum atomic E-state index is 14.7. The van der Waals surface area contributed by atoms with Crippen LogP contribution in [0.1, 0.15) is 37.4 Å². The standard InChI is InChI=1S/C26H17F2N5O3/c27-19-2-1-3-20(28)21(19)23-18-10-14(25(35)36)6-9-17(18)22-15(11-30-23)12-31-26(33-22)32-16-7-4-13(5-8-16)24(29)34/h1-10,12H,11H2,(H2,29,34)(H,35,36)(H,31,32,33). The van der Waals surface area contributed by atoms with Gasteiger partial charge >= 0.3 is 5.97 Å². The van der Waals surface area contributed by atoms with Crippen molar-refractivity contribution in [3.8, 4) is 11.3 Å². The van der Waals surface area contributed by atoms with Gasteiger partial charge in [0.25, 0.3) is 0 Å². The Labute approximate surface area is 203 Å². The van der Waals surface area contributed by atoms with Crippen LogP contribution >= 0.6 is 0 Å². The number of nitrogens with zero attached hydrogens (tertiary/aromatic N) is 3. The van der Waals surface area contributed by atoms with E-state index in [1.807, 2.05) is 0 Å². The number of anilines is 2. The predicted molar refractivity (Wildman–Crippen MR) is 128 cm³/mol. The summed E-state index contributed by atoms with van der Waals surface area (Å²) < 4.78 is 29.5. The van der Waals surface area contributed by atoms with Crippen molar-refractivity contribution < 1.29 is 23.5 Å². The summed E-state index contributed by atoms with van der Waals surface area (Å²) in [5, 5.41) is 12.6. The summed E-state index contributed by atoms with van der Waals surface area (Å²) in [6.07, 6.45) is 1.54. The van der Waals surface area contributed by atoms with Crippen LogP contribution < -0.4 is 11.1 Å². The Morgan fingerprint density at radius 1 is 0.944 bits per heavy atom. The van der Waals surface area contributed by atoms with Gasteiger partial charge in [-0.1, -0.05) is 12.1 Å². The lowest BCUT2D eigenvalue weighted by Gasteiger charge is -2.14. The monoisotopic (exact) mass is 485 g/mol. The summed E-state index contributed by atoms with van der Waals surface area (Å²) in [5.74, 6) is -3.17. The van der Waals surface area contributed by atoms with Crippen molar-refractivity contribution in [1.29, 1.82) is 0 Å². The molecule has 1 aliphatic heterocycles. The van der Waals surface area contributed by atoms with Crippen molar-refractivity contribution >= 4 is 29.2 Å². The van der Waals surface area contributed by atoms with Crippen LogP contribution in [0.15, 0.2) is 71.9 Å². The second-order valence-corrected chi connectivity index (χ2v) is 7.96. The first-order chi connectivity index (χ1) is 17.3. The van der Waals surface area contributed by atoms with Gasteiger partial charge in [0, 0.05) is 34.1 Å². The summed E-state index contributed by atoms with van der Waals surface area (Å²) in [5.41, 5.74) is 7.48. The molecular formula is C26H17F2N5O3. The van der Waals surface area contributed by atoms with Crippen molar-refractivity contribution in [1.82, 2.24) is 9.97 Å². The van der Waals surface area contributed by atoms with E-state index in [-0.39, 0.29) is 34.9 Å². The zero-order valence-electron chi connectivity index (χ0n) is 18.5. The zero-order chi connectivity index (χ0) is 25.4. The molecule has 1 aromatic heterocycles. The van der Waals surface area contributed by atoms with Gasteiger partial charge < -0.3 is 16.2 Å². The van der Waals surface area contributed by atoms with Crippen LogP contribution in [0.4, 0.5) is 20.4 Å². The van der Waals surface area contributed by atoms with E-state index < -0.39 is 23.5 Å². The Morgan fingerprint density at radius 3 is 2.31 bits per heavy atom. The number of benzene rings is 3. The first-order valence-electron chi connectivity index (χ1n) is 10.7. The number of nitrogens with two attached hydrogens (primary N) is 1. The van der Waals surface area contributed by atoms with Crippen molar-refractivity contribution in [3.05, 3.63) is 106 Å². The molecule has 0 bridgehead atoms. The summed E-state index contributed by atoms with van der Waals surface area (Å²) in [7, 11) is 0. The van der Waals surface area contributed by atoms with Gasteiger partial charge in [0.05, 0.1) is 29.1 Å². The van der Waals surface area contributed by atoms with E-state index in [1.54, 1.807) is 30.5 Å². The highest BCUT2D eigenvalue weighted by Crippen LogP contribution is 2.34. The lowest BCUT2D eigenvalue weighted by molar-refractivity contribution is 0.0696. The lowest BCUT2D eigenvalue weighted by atomic mass is 9.93. The molecule has 178 valence electrons. The Kier molecular flexibility index (Phi) is 5.69. The van der Waals surface area contributed by atoms with Crippen LogP contribution in [-0.2, 0) is 6.54 Å². The molecule has 0 atom stereocenters. The molecule has 1 amide bonds. The Morgan fingerprint density at radius 2 is 1.64 bits per heavy atom. The predicted octanol–water partition coefficient (Wildman–Crippen LogP) is 4.31. The van der Waals surface area contributed by atoms with Crippen LogP contribution in [0.2, 0.25) is 0 Å². The minimum Gasteiger partial charge on any atom is -0.478 e. The third-order valence-electron chi connectivity index (χ3n) is 5.67. The number of hydrogen-bond acceptors (Lipinski definition) is 6. The number of carbonyl (C=O) groups excluding carboxylic acids is 1. The average molecular weight is 485 g/mol. The molecule has 10 heteroatoms. The van der Waals surface area contributed by atoms with Gasteiger partial charge in [-0.25, -0.2) is 23.5 Å². The number of carbonyl (C=O) groups is 2. The van der Waals surface area contributed by atoms with Gasteiger partial charge in [-0.2, -0.15) is 0 Å². The minimum absolute atomic E-state index is 0.0155. The number of nitrogens with one attached hydrogen (secondary N) is 1. The van der Waals surface area contributed by atoms with Gasteiger partial charge in [-0.15, -0.1) is 0 Å². The molecule has 0 saturated heterocycles. The van der Waals surface area contributed by atoms with Crippen LogP contribution in [0.25, 0.3) is 11.3 Å². The van der Waals surface area contributed by atoms with Gasteiger partial charge in [0.15, 0.2) is 0 Å². The van der Waals surface area contributed by atoms with Gasteiger partial charge in [-0.05, 0) is 48.5 Å². The van der Waals surface area contributed by atoms with E-state index in [1.165, 1.54) is 24.3 Å². The number of fused-ring (bicyclic) bond motifs is 3. The van der Waals surface area contributed by atoms with Crippen molar-refractivity contribution in [2.75, 3.05) is 5.32 Å². The molecular weight excluding hydrogens is 468 g/mol. The number of carboxylic acids is 1. The molecule has 4 N–H and O–H groups in total. The van der Waals surface area contributed by atoms with E-state index in [4.69, 9.17) is 5.73 Å². The Hall–Kier alpha value is -4.99. The number of primary amides is 1. The maximum absolute atomic E-state index is 14.7. The molecule has 1 aliphatic rings. The fourth-order valence-corrected chi connectivity index (χ4v) is 3.93. The van der Waals surface area contributed by atoms with Crippen LogP contribution in [0.3, 0.4) is 0 Å². The molecule has 0 unspecified atom stereocenters. The molecule has 0 saturated carbocycles. The molecule has 36 heavy (non-hydrogen) atoms. The zero-order valence-corrected chi connectivity index (χ0v) is 18.5. The molecule has 0 fully saturated rings. The number of carboxylic acid groups (broad SMARTS) is 1. The first-order valence-corrected chi connectivity index (χ1v) is 10.7. The third kappa shape index (κ3) is 4.16. The SMILES string of the molecule is NC(=O)c1ccc(Nc2ncc3c(n2)-c2ccc(C(=O)O)cc2C(c2c(F)cccc2F)=NC3)cc1. The lowest BCUT2D eigenvalue weighted by Crippen LogP contribution is -2.11. The average Bonchev–Trinajstić information content (AvgIpc) is 3.01. The van der Waals surface area contributed by atoms with E-state index in [0.29, 0.717) is 28.1 Å². The third-order valence-corrected chi connectivity index (χ3v) is 5.67. The number of aromatic nitrogens is 2. The molecule has 4 aromatic rings. The van der Waals surface area contributed by atoms with Crippen molar-refractivity contribution in [3.63, 3.8) is 0 Å². The Bertz CT molecular complexity index is 1550. The van der Waals surface area contributed by atoms with E-state index in [2.05, 4.69) is 20.3 Å². The van der Waals surface area contributed by atoms with Crippen molar-refractivity contribution in [2.45, 2.75) is 6.54 Å². The molecule has 0 radical (unpaired) electrons. The van der Waals surface area contributed by atoms with Crippen molar-refractivity contribution in [2.24, 2.45) is 10.7 Å². The molecule has 3 aromatic carbocycles. The fraction of sp³-hybridized carbons (Fsp3) is 0.0385. The summed E-state index contributed by atoms with van der Waals surface area (Å²) in [6, 6.07) is 14.1. The molecule has 0 spiro atoms. The van der Waals surface area contributed by atoms with Crippen LogP contribution in [-0.4, -0.2) is 32.7 Å². The van der Waals surface area contributed by atoms with Gasteiger partial charge in [0.1, 0.15) is 11.6 Å².